The summed E-state index contributed by atoms with van der Waals surface area (Å²) >= 11 is 0. The zero-order chi connectivity index (χ0) is 73.3. The Balaban J connectivity index is 0.000000319. The number of benzene rings is 1. The Labute approximate surface area is 580 Å². The van der Waals surface area contributed by atoms with Gasteiger partial charge in [0.25, 0.3) is 0 Å². The van der Waals surface area contributed by atoms with E-state index in [9.17, 15) is 47.1 Å². The van der Waals surface area contributed by atoms with Crippen LogP contribution < -0.4 is 0 Å². The third-order valence-electron chi connectivity index (χ3n) is 19.6. The van der Waals surface area contributed by atoms with E-state index in [1.165, 1.54) is 14.2 Å². The second-order valence-electron chi connectivity index (χ2n) is 26.2. The fraction of sp³-hybridized carbons (Fsp3) is 0.857. The number of aliphatic hydroxyl groups excluding tert-OH is 1. The van der Waals surface area contributed by atoms with Crippen LogP contribution in [0.2, 0.25) is 0 Å². The van der Waals surface area contributed by atoms with E-state index in [1.807, 2.05) is 27.7 Å². The Bertz CT molecular complexity index is 3080. The molecule has 0 amide bonds. The summed E-state index contributed by atoms with van der Waals surface area (Å²) in [6.45, 7) is 22.1. The van der Waals surface area contributed by atoms with Crippen molar-refractivity contribution < 1.29 is 90.5 Å². The molecular weight excluding hydrogens is 1310 g/mol. The maximum atomic E-state index is 13.4. The minimum Gasteiger partial charge on any atom is -0.469 e. The topological polar surface area (TPSA) is 502 Å². The zero-order valence-electron chi connectivity index (χ0n) is 59.1. The van der Waals surface area contributed by atoms with Crippen molar-refractivity contribution in [2.75, 3.05) is 27.4 Å². The van der Waals surface area contributed by atoms with Crippen molar-refractivity contribution >= 4 is 17.9 Å². The summed E-state index contributed by atoms with van der Waals surface area (Å²) in [5.74, 6) is -3.98. The van der Waals surface area contributed by atoms with Gasteiger partial charge in [-0.25, -0.2) is 4.79 Å². The summed E-state index contributed by atoms with van der Waals surface area (Å²) in [6.07, 6.45) is -10.7. The maximum absolute atomic E-state index is 13.4. The number of rotatable bonds is 30. The summed E-state index contributed by atoms with van der Waals surface area (Å²) in [4.78, 5) is 54.3. The lowest BCUT2D eigenvalue weighted by molar-refractivity contribution is -0.362. The molecule has 1 aromatic carbocycles. The molecule has 0 spiro atoms. The molecule has 0 saturated carbocycles. The second kappa shape index (κ2) is 40.6. The summed E-state index contributed by atoms with van der Waals surface area (Å²) in [5, 5.41) is 34.7. The molecule has 0 aliphatic carbocycles. The number of nitrogens with zero attached hydrogens (tertiary/aromatic N) is 18. The van der Waals surface area contributed by atoms with Gasteiger partial charge in [0.05, 0.1) is 92.7 Å². The normalized spacial score (nSPS) is 38.5. The number of azide groups is 6. The lowest BCUT2D eigenvalue weighted by atomic mass is 9.87. The lowest BCUT2D eigenvalue weighted by Crippen LogP contribution is -2.61. The molecule has 1 N–H and O–H groups in total. The van der Waals surface area contributed by atoms with Gasteiger partial charge < -0.3 is 76.2 Å². The van der Waals surface area contributed by atoms with E-state index in [2.05, 4.69) is 64.9 Å². The van der Waals surface area contributed by atoms with Gasteiger partial charge in [-0.2, -0.15) is 0 Å². The van der Waals surface area contributed by atoms with Crippen molar-refractivity contribution in [3.63, 3.8) is 0 Å². The second-order valence-corrected chi connectivity index (χ2v) is 26.2. The molecule has 6 aliphatic rings. The van der Waals surface area contributed by atoms with Crippen molar-refractivity contribution in [3.05, 3.63) is 98.6 Å². The van der Waals surface area contributed by atoms with E-state index >= 15 is 0 Å². The molecule has 0 bridgehead atoms. The molecule has 37 nitrogen and oxygen atoms in total. The summed E-state index contributed by atoms with van der Waals surface area (Å²) < 4.78 is 91.5. The molecule has 0 aromatic heterocycles. The number of methoxy groups -OCH3 is 2. The molecule has 1 aromatic rings. The van der Waals surface area contributed by atoms with Gasteiger partial charge in [-0.05, 0) is 142 Å². The zero-order valence-corrected chi connectivity index (χ0v) is 59.1. The van der Waals surface area contributed by atoms with E-state index in [0.29, 0.717) is 63.7 Å². The van der Waals surface area contributed by atoms with E-state index in [1.54, 1.807) is 85.7 Å². The molecule has 0 radical (unpaired) electrons. The van der Waals surface area contributed by atoms with Crippen LogP contribution in [0.25, 0.3) is 62.7 Å². The highest BCUT2D eigenvalue weighted by atomic mass is 16.8. The smallest absolute Gasteiger partial charge is 0.338 e. The largest absolute Gasteiger partial charge is 0.469 e. The minimum atomic E-state index is -1.19. The van der Waals surface area contributed by atoms with Crippen molar-refractivity contribution in [1.29, 1.82) is 0 Å². The highest BCUT2D eigenvalue weighted by Crippen LogP contribution is 2.43. The van der Waals surface area contributed by atoms with Crippen LogP contribution in [0.3, 0.4) is 0 Å². The molecule has 6 heterocycles. The number of unbranched alkanes of at least 4 members (excludes halogenated alkanes) is 4. The fourth-order valence-electron chi connectivity index (χ4n) is 13.7. The molecule has 6 aliphatic heterocycles. The van der Waals surface area contributed by atoms with Crippen LogP contribution in [-0.2, 0) is 80.6 Å². The quantitative estimate of drug-likeness (QED) is 0.0187. The summed E-state index contributed by atoms with van der Waals surface area (Å²) in [6, 6.07) is 4.62. The molecule has 37 heteroatoms. The van der Waals surface area contributed by atoms with Gasteiger partial charge in [-0.3, -0.25) is 9.59 Å². The predicted octanol–water partition coefficient (Wildman–Crippen LogP) is 12.0. The van der Waals surface area contributed by atoms with Crippen LogP contribution in [0.4, 0.5) is 0 Å². The van der Waals surface area contributed by atoms with Gasteiger partial charge in [0.2, 0.25) is 0 Å². The van der Waals surface area contributed by atoms with Gasteiger partial charge in [0.1, 0.15) is 30.5 Å². The first-order valence-corrected chi connectivity index (χ1v) is 34.0. The van der Waals surface area contributed by atoms with Crippen molar-refractivity contribution in [1.82, 2.24) is 0 Å². The third kappa shape index (κ3) is 21.5. The van der Waals surface area contributed by atoms with Crippen molar-refractivity contribution in [3.8, 4) is 0 Å². The molecule has 6 saturated heterocycles. The number of hydrogen-bond donors (Lipinski definition) is 1. The first kappa shape index (κ1) is 81.9. The van der Waals surface area contributed by atoms with Crippen molar-refractivity contribution in [2.45, 2.75) is 282 Å². The Morgan fingerprint density at radius 2 is 0.670 bits per heavy atom. The molecule has 7 rings (SSSR count). The maximum Gasteiger partial charge on any atom is 0.338 e. The minimum absolute atomic E-state index is 0.266. The Morgan fingerprint density at radius 3 is 1.00 bits per heavy atom. The average Bonchev–Trinajstić information content (AvgIpc) is 0.780. The Morgan fingerprint density at radius 1 is 0.390 bits per heavy atom. The van der Waals surface area contributed by atoms with E-state index in [4.69, 9.17) is 71.8 Å². The summed E-state index contributed by atoms with van der Waals surface area (Å²) in [7, 11) is 2.71. The Hall–Kier alpha value is -7.03. The van der Waals surface area contributed by atoms with Crippen LogP contribution in [0.1, 0.15) is 145 Å². The van der Waals surface area contributed by atoms with Gasteiger partial charge >= 0.3 is 17.9 Å². The van der Waals surface area contributed by atoms with Gasteiger partial charge in [-0.1, -0.05) is 103 Å². The monoisotopic (exact) mass is 1410 g/mol. The molecule has 30 atom stereocenters. The lowest BCUT2D eigenvalue weighted by Gasteiger charge is -2.50. The van der Waals surface area contributed by atoms with Gasteiger partial charge in [-0.15, -0.1) is 0 Å². The SMILES string of the molecule is COC(=O)CCCCCO[C@H]1OC(C)[C@@H](N=[N+]=[N-])[C@H](C)C1O[C@H]1OC(C)[C@@H](N=[N+]=[N-])[C@H](C)C1O[C@H]1OC(C)[C@@H](N=[N+]=[N-])[C@H](C)C1O.COC(=O)CCCCCO[C@H]1OC(C)[C@@H](N=[N+]=[N-])[C@H](C)C1O[C@H]1OC(C)[C@@H](N=[N+]=[N-])[C@H](C)C1O[C@H]1OC(C)[C@@H](N=[N+]=[N-])[C@H](C)C1OC(=O)c1ccccc1. The van der Waals surface area contributed by atoms with Gasteiger partial charge in [0.15, 0.2) is 43.8 Å². The standard InChI is InChI=1S/C35H51N9O10.C28H47N9O9/c1-18-26(39-42-36)21(4)49-33(48-17-13-9-12-16-25(45)47-7)29(18)53-35-31(20(3)28(41-44-38)23(6)51-35)54-34-30(19(2)27(40-43-37)22(5)50-34)52-32(46)24-14-10-8-11-15-24;1-13-20(32-35-29)16(4)42-26(23(13)39)45-25-15(3)22(34-37-31)18(6)44-28(25)46-24-14(2)21(33-36-30)17(5)43-27(24)41-12-10-8-9-11-19(38)40-7/h8,10-11,14-15,18-23,26-31,33-35H,9,12-13,16-17H2,1-7H3;13-18,20-28,39H,8-12H2,1-7H3/t18-,19-,20-,21?,22?,23?,26-,27-,28-,29?,30?,31?,33-,34+,35+;13-,14-,15-,16?,17?,18?,20-,21-,22-,23?,24?,25?,26+,27-,28+/m00/s1. The number of ether oxygens (including phenoxy) is 15. The molecule has 554 valence electrons. The van der Waals surface area contributed by atoms with E-state index in [-0.39, 0.29) is 17.9 Å². The van der Waals surface area contributed by atoms with Crippen LogP contribution >= 0.6 is 0 Å². The van der Waals surface area contributed by atoms with Crippen LogP contribution in [-0.4, -0.2) is 198 Å². The highest BCUT2D eigenvalue weighted by molar-refractivity contribution is 5.89. The first-order chi connectivity index (χ1) is 47.9. The number of esters is 3. The molecule has 100 heavy (non-hydrogen) atoms. The first-order valence-electron chi connectivity index (χ1n) is 34.0. The number of carbonyl (C=O) groups excluding carboxylic acids is 3. The fourth-order valence-corrected chi connectivity index (χ4v) is 13.7. The predicted molar refractivity (Wildman–Crippen MR) is 353 cm³/mol. The van der Waals surface area contributed by atoms with Crippen LogP contribution in [0, 0.1) is 35.5 Å². The Kier molecular flexibility index (Phi) is 33.2. The molecular formula is C63H98N18O19. The number of hydrogen-bond acceptors (Lipinski definition) is 25. The number of carbonyl (C=O) groups is 3. The van der Waals surface area contributed by atoms with Crippen molar-refractivity contribution in [2.24, 2.45) is 66.2 Å². The van der Waals surface area contributed by atoms with Crippen LogP contribution in [0.15, 0.2) is 61.0 Å². The highest BCUT2D eigenvalue weighted by Gasteiger charge is 2.55. The van der Waals surface area contributed by atoms with Gasteiger partial charge in [0, 0.05) is 61.4 Å². The molecule has 6 fully saturated rings. The average molecular weight is 1410 g/mol. The van der Waals surface area contributed by atoms with Crippen LogP contribution in [0.5, 0.6) is 0 Å². The summed E-state index contributed by atoms with van der Waals surface area (Å²) in [5.41, 5.74) is 55.9. The third-order valence-corrected chi connectivity index (χ3v) is 19.6. The van der Waals surface area contributed by atoms with E-state index < -0.39 is 183 Å². The molecule has 12 unspecified atom stereocenters. The van der Waals surface area contributed by atoms with E-state index in [0.717, 1.165) is 6.42 Å². The number of aliphatic hydroxyl groups is 1.